The maximum Gasteiger partial charge on any atom is 0.156 e. The fourth-order valence-electron chi connectivity index (χ4n) is 1.56. The van der Waals surface area contributed by atoms with Gasteiger partial charge in [0.2, 0.25) is 0 Å². The highest BCUT2D eigenvalue weighted by molar-refractivity contribution is 5.62. The van der Waals surface area contributed by atoms with Crippen LogP contribution in [0.5, 0.6) is 0 Å². The van der Waals surface area contributed by atoms with Gasteiger partial charge in [-0.2, -0.15) is 0 Å². The third-order valence-electron chi connectivity index (χ3n) is 2.49. The molecule has 88 valence electrons. The lowest BCUT2D eigenvalue weighted by Crippen LogP contribution is -2.17. The lowest BCUT2D eigenvalue weighted by molar-refractivity contribution is 0.182. The summed E-state index contributed by atoms with van der Waals surface area (Å²) in [6, 6.07) is 11.9. The Hall–Kier alpha value is -1.94. The van der Waals surface area contributed by atoms with Crippen molar-refractivity contribution >= 4 is 5.82 Å². The van der Waals surface area contributed by atoms with E-state index in [4.69, 9.17) is 4.84 Å². The van der Waals surface area contributed by atoms with Crippen molar-refractivity contribution in [3.63, 3.8) is 0 Å². The first-order valence-electron chi connectivity index (χ1n) is 5.39. The number of rotatable bonds is 3. The second kappa shape index (κ2) is 4.93. The number of benzene rings is 1. The van der Waals surface area contributed by atoms with Crippen LogP contribution < -0.4 is 5.06 Å². The molecule has 0 spiro atoms. The minimum absolute atomic E-state index is 0.727. The number of hydrogen-bond acceptors (Lipinski definition) is 4. The highest BCUT2D eigenvalue weighted by atomic mass is 16.7. The van der Waals surface area contributed by atoms with Crippen LogP contribution in [0, 0.1) is 6.92 Å². The van der Waals surface area contributed by atoms with Crippen molar-refractivity contribution in [2.45, 2.75) is 6.92 Å². The van der Waals surface area contributed by atoms with E-state index in [0.29, 0.717) is 0 Å². The molecule has 0 fully saturated rings. The van der Waals surface area contributed by atoms with E-state index in [1.807, 2.05) is 50.4 Å². The van der Waals surface area contributed by atoms with E-state index in [2.05, 4.69) is 9.97 Å². The maximum atomic E-state index is 5.13. The van der Waals surface area contributed by atoms with Crippen LogP contribution in [0.1, 0.15) is 5.82 Å². The third-order valence-corrected chi connectivity index (χ3v) is 2.49. The molecule has 0 aliphatic heterocycles. The Balaban J connectivity index is 2.45. The fourth-order valence-corrected chi connectivity index (χ4v) is 1.56. The monoisotopic (exact) mass is 229 g/mol. The molecule has 1 aromatic carbocycles. The van der Waals surface area contributed by atoms with Crippen LogP contribution >= 0.6 is 0 Å². The summed E-state index contributed by atoms with van der Waals surface area (Å²) >= 11 is 0. The molecule has 0 N–H and O–H groups in total. The second-order valence-corrected chi connectivity index (χ2v) is 3.70. The number of aromatic nitrogens is 2. The van der Waals surface area contributed by atoms with Crippen molar-refractivity contribution in [2.75, 3.05) is 19.2 Å². The topological polar surface area (TPSA) is 38.2 Å². The summed E-state index contributed by atoms with van der Waals surface area (Å²) in [5, 5.41) is 1.61. The zero-order chi connectivity index (χ0) is 12.3. The van der Waals surface area contributed by atoms with Gasteiger partial charge in [-0.05, 0) is 6.92 Å². The van der Waals surface area contributed by atoms with Crippen LogP contribution in [0.3, 0.4) is 0 Å². The molecule has 0 radical (unpaired) electrons. The summed E-state index contributed by atoms with van der Waals surface area (Å²) in [4.78, 5) is 13.9. The number of hydroxylamine groups is 1. The van der Waals surface area contributed by atoms with E-state index in [1.165, 1.54) is 0 Å². The van der Waals surface area contributed by atoms with Gasteiger partial charge in [0.25, 0.3) is 0 Å². The summed E-state index contributed by atoms with van der Waals surface area (Å²) in [6.07, 6.45) is 0. The van der Waals surface area contributed by atoms with Crippen molar-refractivity contribution in [3.05, 3.63) is 42.2 Å². The van der Waals surface area contributed by atoms with Crippen molar-refractivity contribution in [1.29, 1.82) is 0 Å². The van der Waals surface area contributed by atoms with Gasteiger partial charge in [-0.3, -0.25) is 4.84 Å². The molecule has 17 heavy (non-hydrogen) atoms. The summed E-state index contributed by atoms with van der Waals surface area (Å²) < 4.78 is 0. The maximum absolute atomic E-state index is 5.13. The molecule has 2 rings (SSSR count). The molecule has 0 amide bonds. The van der Waals surface area contributed by atoms with Gasteiger partial charge in [0.05, 0.1) is 12.8 Å². The Morgan fingerprint density at radius 1 is 1.12 bits per heavy atom. The zero-order valence-electron chi connectivity index (χ0n) is 10.2. The minimum atomic E-state index is 0.727. The minimum Gasteiger partial charge on any atom is -0.276 e. The number of anilines is 1. The van der Waals surface area contributed by atoms with Gasteiger partial charge in [-0.25, -0.2) is 15.0 Å². The molecule has 1 aromatic heterocycles. The van der Waals surface area contributed by atoms with Gasteiger partial charge in [0.1, 0.15) is 5.82 Å². The molecule has 0 unspecified atom stereocenters. The quantitative estimate of drug-likeness (QED) is 0.758. The normalized spacial score (nSPS) is 10.3. The van der Waals surface area contributed by atoms with Gasteiger partial charge in [0.15, 0.2) is 5.82 Å². The lowest BCUT2D eigenvalue weighted by atomic mass is 10.1. The van der Waals surface area contributed by atoms with Crippen LogP contribution in [0.15, 0.2) is 36.4 Å². The second-order valence-electron chi connectivity index (χ2n) is 3.70. The van der Waals surface area contributed by atoms with Crippen LogP contribution in [0.25, 0.3) is 11.3 Å². The van der Waals surface area contributed by atoms with Crippen molar-refractivity contribution in [3.8, 4) is 11.3 Å². The lowest BCUT2D eigenvalue weighted by Gasteiger charge is -2.15. The first-order valence-corrected chi connectivity index (χ1v) is 5.39. The molecule has 0 saturated carbocycles. The molecule has 0 aliphatic rings. The number of nitrogens with zero attached hydrogens (tertiary/aromatic N) is 3. The number of hydrogen-bond donors (Lipinski definition) is 0. The Morgan fingerprint density at radius 2 is 1.82 bits per heavy atom. The van der Waals surface area contributed by atoms with E-state index >= 15 is 0 Å². The van der Waals surface area contributed by atoms with Crippen LogP contribution in [0.4, 0.5) is 5.82 Å². The summed E-state index contributed by atoms with van der Waals surface area (Å²) in [5.74, 6) is 1.48. The van der Waals surface area contributed by atoms with E-state index < -0.39 is 0 Å². The summed E-state index contributed by atoms with van der Waals surface area (Å²) in [7, 11) is 3.43. The molecule has 0 atom stereocenters. The van der Waals surface area contributed by atoms with Gasteiger partial charge < -0.3 is 0 Å². The third kappa shape index (κ3) is 2.60. The SMILES string of the molecule is CON(C)c1cc(-c2ccccc2)nc(C)n1. The van der Waals surface area contributed by atoms with Gasteiger partial charge in [-0.15, -0.1) is 0 Å². The van der Waals surface area contributed by atoms with Crippen molar-refractivity contribution in [1.82, 2.24) is 9.97 Å². The van der Waals surface area contributed by atoms with Crippen LogP contribution in [-0.4, -0.2) is 24.1 Å². The molecule has 4 nitrogen and oxygen atoms in total. The standard InChI is InChI=1S/C13H15N3O/c1-10-14-12(11-7-5-4-6-8-11)9-13(15-10)16(2)17-3/h4-9H,1-3H3. The smallest absolute Gasteiger partial charge is 0.156 e. The zero-order valence-corrected chi connectivity index (χ0v) is 10.2. The van der Waals surface area contributed by atoms with E-state index in [1.54, 1.807) is 12.2 Å². The molecular formula is C13H15N3O. The number of aryl methyl sites for hydroxylation is 1. The largest absolute Gasteiger partial charge is 0.276 e. The van der Waals surface area contributed by atoms with Gasteiger partial charge >= 0.3 is 0 Å². The Kier molecular flexibility index (Phi) is 3.35. The Bertz CT molecular complexity index is 499. The Morgan fingerprint density at radius 3 is 2.47 bits per heavy atom. The van der Waals surface area contributed by atoms with E-state index in [0.717, 1.165) is 22.9 Å². The van der Waals surface area contributed by atoms with Crippen LogP contribution in [0.2, 0.25) is 0 Å². The van der Waals surface area contributed by atoms with Crippen molar-refractivity contribution < 1.29 is 4.84 Å². The molecule has 1 heterocycles. The predicted octanol–water partition coefficient (Wildman–Crippen LogP) is 2.45. The molecule has 4 heteroatoms. The highest BCUT2D eigenvalue weighted by Crippen LogP contribution is 2.20. The van der Waals surface area contributed by atoms with Crippen LogP contribution in [-0.2, 0) is 4.84 Å². The predicted molar refractivity (Wildman–Crippen MR) is 67.6 cm³/mol. The average molecular weight is 229 g/mol. The molecule has 0 saturated heterocycles. The highest BCUT2D eigenvalue weighted by Gasteiger charge is 2.07. The fraction of sp³-hybridized carbons (Fsp3) is 0.231. The molecule has 2 aromatic rings. The molecule has 0 bridgehead atoms. The Labute approximate surface area is 101 Å². The van der Waals surface area contributed by atoms with Gasteiger partial charge in [0, 0.05) is 18.7 Å². The van der Waals surface area contributed by atoms with Gasteiger partial charge in [-0.1, -0.05) is 30.3 Å². The summed E-state index contributed by atoms with van der Waals surface area (Å²) in [5.41, 5.74) is 1.97. The molecular weight excluding hydrogens is 214 g/mol. The summed E-state index contributed by atoms with van der Waals surface area (Å²) in [6.45, 7) is 1.87. The average Bonchev–Trinajstić information content (AvgIpc) is 2.38. The van der Waals surface area contributed by atoms with E-state index in [9.17, 15) is 0 Å². The first-order chi connectivity index (χ1) is 8.20. The molecule has 0 aliphatic carbocycles. The first kappa shape index (κ1) is 11.5. The van der Waals surface area contributed by atoms with E-state index in [-0.39, 0.29) is 0 Å². The van der Waals surface area contributed by atoms with Crippen molar-refractivity contribution in [2.24, 2.45) is 0 Å².